The quantitative estimate of drug-likeness (QED) is 0.705. The van der Waals surface area contributed by atoms with Crippen molar-refractivity contribution in [1.29, 1.82) is 0 Å². The Morgan fingerprint density at radius 2 is 2.22 bits per heavy atom. The van der Waals surface area contributed by atoms with Crippen LogP contribution in [0.4, 0.5) is 0 Å². The number of esters is 1. The van der Waals surface area contributed by atoms with E-state index < -0.39 is 16.0 Å². The first-order chi connectivity index (χ1) is 8.54. The summed E-state index contributed by atoms with van der Waals surface area (Å²) in [5, 5.41) is 3.24. The molecule has 0 spiro atoms. The molecule has 6 nitrogen and oxygen atoms in total. The van der Waals surface area contributed by atoms with Crippen molar-refractivity contribution in [2.45, 2.75) is 25.3 Å². The molecule has 2 fully saturated rings. The maximum absolute atomic E-state index is 12.2. The number of rotatable bonds is 4. The van der Waals surface area contributed by atoms with Crippen LogP contribution < -0.4 is 5.32 Å². The normalized spacial score (nSPS) is 28.9. The summed E-state index contributed by atoms with van der Waals surface area (Å²) in [7, 11) is -2.08. The van der Waals surface area contributed by atoms with Gasteiger partial charge in [0.15, 0.2) is 0 Å². The van der Waals surface area contributed by atoms with Gasteiger partial charge in [-0.1, -0.05) is 0 Å². The zero-order chi connectivity index (χ0) is 13.2. The van der Waals surface area contributed by atoms with E-state index in [1.807, 2.05) is 0 Å². The third kappa shape index (κ3) is 2.84. The second-order valence-corrected chi connectivity index (χ2v) is 6.92. The van der Waals surface area contributed by atoms with E-state index in [1.165, 1.54) is 7.11 Å². The maximum Gasteiger partial charge on any atom is 0.306 e. The Morgan fingerprint density at radius 1 is 1.44 bits per heavy atom. The van der Waals surface area contributed by atoms with Crippen LogP contribution in [0.2, 0.25) is 0 Å². The zero-order valence-corrected chi connectivity index (χ0v) is 11.4. The Morgan fingerprint density at radius 3 is 2.94 bits per heavy atom. The number of carbonyl (C=O) groups is 1. The van der Waals surface area contributed by atoms with Gasteiger partial charge < -0.3 is 10.1 Å². The summed E-state index contributed by atoms with van der Waals surface area (Å²) in [4.78, 5) is 11.1. The van der Waals surface area contributed by atoms with Gasteiger partial charge in [-0.3, -0.25) is 4.79 Å². The number of piperidine rings is 1. The van der Waals surface area contributed by atoms with Gasteiger partial charge >= 0.3 is 5.97 Å². The van der Waals surface area contributed by atoms with E-state index in [0.717, 1.165) is 25.9 Å². The number of hydrogen-bond donors (Lipinski definition) is 1. The van der Waals surface area contributed by atoms with Gasteiger partial charge in [-0.2, -0.15) is 4.31 Å². The summed E-state index contributed by atoms with van der Waals surface area (Å²) in [6.45, 7) is 2.20. The molecule has 2 heterocycles. The summed E-state index contributed by atoms with van der Waals surface area (Å²) >= 11 is 0. The van der Waals surface area contributed by atoms with Gasteiger partial charge in [0.05, 0.1) is 19.3 Å². The van der Waals surface area contributed by atoms with Gasteiger partial charge in [0.1, 0.15) is 0 Å². The van der Waals surface area contributed by atoms with E-state index in [9.17, 15) is 13.2 Å². The van der Waals surface area contributed by atoms with Gasteiger partial charge in [-0.05, 0) is 25.3 Å². The largest absolute Gasteiger partial charge is 0.469 e. The van der Waals surface area contributed by atoms with Gasteiger partial charge in [0.2, 0.25) is 10.0 Å². The molecule has 0 bridgehead atoms. The Bertz CT molecular complexity index is 409. The lowest BCUT2D eigenvalue weighted by Crippen LogP contribution is -2.49. The van der Waals surface area contributed by atoms with Crippen LogP contribution in [0.3, 0.4) is 0 Å². The number of nitrogens with zero attached hydrogens (tertiary/aromatic N) is 1. The summed E-state index contributed by atoms with van der Waals surface area (Å²) in [6, 6.07) is 0.0707. The molecular weight excluding hydrogens is 256 g/mol. The number of sulfonamides is 1. The van der Waals surface area contributed by atoms with Crippen LogP contribution in [0, 0.1) is 5.92 Å². The molecule has 0 saturated carbocycles. The van der Waals surface area contributed by atoms with E-state index in [1.54, 1.807) is 4.31 Å². The summed E-state index contributed by atoms with van der Waals surface area (Å²) in [5.74, 6) is -0.202. The second-order valence-electron chi connectivity index (χ2n) is 4.88. The maximum atomic E-state index is 12.2. The SMILES string of the molecule is COC(=O)CCS(=O)(=O)N1CCCC2CNCC21. The van der Waals surface area contributed by atoms with Crippen molar-refractivity contribution in [3.05, 3.63) is 0 Å². The van der Waals surface area contributed by atoms with Gasteiger partial charge in [-0.15, -0.1) is 0 Å². The molecule has 2 aliphatic rings. The lowest BCUT2D eigenvalue weighted by molar-refractivity contribution is -0.140. The number of hydrogen-bond acceptors (Lipinski definition) is 5. The molecule has 104 valence electrons. The zero-order valence-electron chi connectivity index (χ0n) is 10.6. The third-order valence-corrected chi connectivity index (χ3v) is 5.66. The first kappa shape index (κ1) is 13.8. The minimum atomic E-state index is -3.35. The standard InChI is InChI=1S/C11H20N2O4S/c1-17-11(14)4-6-18(15,16)13-5-2-3-9-7-12-8-10(9)13/h9-10,12H,2-8H2,1H3. The highest BCUT2D eigenvalue weighted by Crippen LogP contribution is 2.28. The fourth-order valence-corrected chi connectivity index (χ4v) is 4.53. The summed E-state index contributed by atoms with van der Waals surface area (Å²) in [5.41, 5.74) is 0. The van der Waals surface area contributed by atoms with Crippen molar-refractivity contribution >= 4 is 16.0 Å². The van der Waals surface area contributed by atoms with Gasteiger partial charge in [0.25, 0.3) is 0 Å². The van der Waals surface area contributed by atoms with E-state index in [4.69, 9.17) is 0 Å². The molecule has 0 amide bonds. The Labute approximate surface area is 108 Å². The molecule has 2 atom stereocenters. The van der Waals surface area contributed by atoms with Crippen molar-refractivity contribution in [2.75, 3.05) is 32.5 Å². The Kier molecular flexibility index (Phi) is 4.24. The molecule has 0 radical (unpaired) electrons. The number of carbonyl (C=O) groups excluding carboxylic acids is 1. The van der Waals surface area contributed by atoms with Crippen molar-refractivity contribution in [1.82, 2.24) is 9.62 Å². The molecule has 7 heteroatoms. The van der Waals surface area contributed by atoms with Crippen LogP contribution in [-0.2, 0) is 19.6 Å². The van der Waals surface area contributed by atoms with E-state index in [-0.39, 0.29) is 18.2 Å². The molecule has 1 N–H and O–H groups in total. The van der Waals surface area contributed by atoms with Crippen LogP contribution >= 0.6 is 0 Å². The fraction of sp³-hybridized carbons (Fsp3) is 0.909. The van der Waals surface area contributed by atoms with E-state index in [2.05, 4.69) is 10.1 Å². The van der Waals surface area contributed by atoms with Crippen molar-refractivity contribution in [3.63, 3.8) is 0 Å². The molecule has 0 aromatic rings. The fourth-order valence-electron chi connectivity index (χ4n) is 2.80. The minimum absolute atomic E-state index is 0.0693. The predicted molar refractivity (Wildman–Crippen MR) is 66.5 cm³/mol. The third-order valence-electron chi connectivity index (χ3n) is 3.78. The van der Waals surface area contributed by atoms with Crippen molar-refractivity contribution in [3.8, 4) is 0 Å². The molecule has 0 aliphatic carbocycles. The summed E-state index contributed by atoms with van der Waals surface area (Å²) < 4.78 is 30.6. The summed E-state index contributed by atoms with van der Waals surface area (Å²) in [6.07, 6.45) is 1.92. The molecule has 0 aromatic heterocycles. The molecule has 0 aromatic carbocycles. The van der Waals surface area contributed by atoms with Crippen LogP contribution in [0.25, 0.3) is 0 Å². The minimum Gasteiger partial charge on any atom is -0.469 e. The number of methoxy groups -OCH3 is 1. The van der Waals surface area contributed by atoms with Crippen LogP contribution in [0.15, 0.2) is 0 Å². The van der Waals surface area contributed by atoms with Crippen LogP contribution in [0.1, 0.15) is 19.3 Å². The van der Waals surface area contributed by atoms with Crippen LogP contribution in [-0.4, -0.2) is 57.2 Å². The lowest BCUT2D eigenvalue weighted by atomic mass is 9.94. The molecule has 2 unspecified atom stereocenters. The highest BCUT2D eigenvalue weighted by molar-refractivity contribution is 7.89. The van der Waals surface area contributed by atoms with E-state index >= 15 is 0 Å². The number of fused-ring (bicyclic) bond motifs is 1. The van der Waals surface area contributed by atoms with Gasteiger partial charge in [-0.25, -0.2) is 8.42 Å². The number of ether oxygens (including phenoxy) is 1. The molecular formula is C11H20N2O4S. The lowest BCUT2D eigenvalue weighted by Gasteiger charge is -2.35. The monoisotopic (exact) mass is 276 g/mol. The highest BCUT2D eigenvalue weighted by atomic mass is 32.2. The molecule has 2 aliphatic heterocycles. The second kappa shape index (κ2) is 5.54. The topological polar surface area (TPSA) is 75.7 Å². The smallest absolute Gasteiger partial charge is 0.306 e. The molecule has 18 heavy (non-hydrogen) atoms. The van der Waals surface area contributed by atoms with Crippen molar-refractivity contribution in [2.24, 2.45) is 5.92 Å². The first-order valence-corrected chi connectivity index (χ1v) is 7.92. The predicted octanol–water partition coefficient (Wildman–Crippen LogP) is -0.437. The van der Waals surface area contributed by atoms with Crippen LogP contribution in [0.5, 0.6) is 0 Å². The Balaban J connectivity index is 2.02. The Hall–Kier alpha value is -0.660. The van der Waals surface area contributed by atoms with Gasteiger partial charge in [0, 0.05) is 19.1 Å². The average Bonchev–Trinajstić information content (AvgIpc) is 2.83. The molecule has 2 saturated heterocycles. The highest BCUT2D eigenvalue weighted by Gasteiger charge is 2.40. The average molecular weight is 276 g/mol. The number of nitrogens with one attached hydrogen (secondary N) is 1. The molecule has 2 rings (SSSR count). The van der Waals surface area contributed by atoms with E-state index in [0.29, 0.717) is 12.5 Å². The first-order valence-electron chi connectivity index (χ1n) is 6.31. The van der Waals surface area contributed by atoms with Crippen molar-refractivity contribution < 1.29 is 17.9 Å².